The average Bonchev–Trinajstić information content (AvgIpc) is 3.38. The highest BCUT2D eigenvalue weighted by Gasteiger charge is 2.49. The maximum absolute atomic E-state index is 13.0. The van der Waals surface area contributed by atoms with E-state index >= 15 is 0 Å². The van der Waals surface area contributed by atoms with Crippen molar-refractivity contribution in [3.63, 3.8) is 0 Å². The Labute approximate surface area is 192 Å². The van der Waals surface area contributed by atoms with E-state index in [1.807, 2.05) is 42.5 Å². The minimum absolute atomic E-state index is 0.0159. The lowest BCUT2D eigenvalue weighted by atomic mass is 9.92. The predicted octanol–water partition coefficient (Wildman–Crippen LogP) is 3.06. The van der Waals surface area contributed by atoms with Gasteiger partial charge in [-0.1, -0.05) is 54.1 Å². The molecule has 2 aromatic rings. The number of amides is 4. The fourth-order valence-corrected chi connectivity index (χ4v) is 4.64. The first-order chi connectivity index (χ1) is 15.4. The molecule has 0 aromatic heterocycles. The van der Waals surface area contributed by atoms with Crippen LogP contribution in [0.25, 0.3) is 0 Å². The molecule has 2 heterocycles. The summed E-state index contributed by atoms with van der Waals surface area (Å²) in [6.07, 6.45) is 2.23. The number of likely N-dealkylation sites (tertiary alicyclic amines) is 1. The van der Waals surface area contributed by atoms with Crippen molar-refractivity contribution in [1.82, 2.24) is 20.4 Å². The Morgan fingerprint density at radius 2 is 1.84 bits per heavy atom. The normalized spacial score (nSPS) is 22.1. The van der Waals surface area contributed by atoms with Gasteiger partial charge in [-0.25, -0.2) is 4.79 Å². The van der Waals surface area contributed by atoms with Crippen LogP contribution in [-0.2, 0) is 15.1 Å². The number of nitrogens with one attached hydrogen (secondary N) is 2. The number of hydrogen-bond acceptors (Lipinski definition) is 4. The van der Waals surface area contributed by atoms with Gasteiger partial charge in [-0.05, 0) is 56.1 Å². The Balaban J connectivity index is 1.42. The lowest BCUT2D eigenvalue weighted by Crippen LogP contribution is -2.45. The highest BCUT2D eigenvalue weighted by molar-refractivity contribution is 6.30. The summed E-state index contributed by atoms with van der Waals surface area (Å²) in [6, 6.07) is 16.1. The summed E-state index contributed by atoms with van der Waals surface area (Å²) >= 11 is 6.19. The quantitative estimate of drug-likeness (QED) is 0.630. The number of rotatable bonds is 7. The van der Waals surface area contributed by atoms with E-state index in [9.17, 15) is 14.4 Å². The summed E-state index contributed by atoms with van der Waals surface area (Å²) in [5, 5.41) is 6.29. The van der Waals surface area contributed by atoms with Gasteiger partial charge >= 0.3 is 6.03 Å². The van der Waals surface area contributed by atoms with E-state index < -0.39 is 17.5 Å². The molecule has 0 aliphatic carbocycles. The molecule has 8 heteroatoms. The Hall–Kier alpha value is -2.90. The van der Waals surface area contributed by atoms with Gasteiger partial charge in [0.2, 0.25) is 5.91 Å². The molecule has 2 fully saturated rings. The van der Waals surface area contributed by atoms with Crippen molar-refractivity contribution in [2.24, 2.45) is 0 Å². The summed E-state index contributed by atoms with van der Waals surface area (Å²) < 4.78 is 0. The van der Waals surface area contributed by atoms with E-state index in [1.54, 1.807) is 19.1 Å². The molecular formula is C24H27ClN4O3. The molecule has 0 radical (unpaired) electrons. The highest BCUT2D eigenvalue weighted by atomic mass is 35.5. The number of benzene rings is 2. The first-order valence-corrected chi connectivity index (χ1v) is 11.2. The van der Waals surface area contributed by atoms with E-state index in [4.69, 9.17) is 11.6 Å². The van der Waals surface area contributed by atoms with Gasteiger partial charge in [-0.15, -0.1) is 0 Å². The molecule has 168 valence electrons. The number of halogens is 1. The van der Waals surface area contributed by atoms with Crippen LogP contribution in [0.5, 0.6) is 0 Å². The van der Waals surface area contributed by atoms with Crippen molar-refractivity contribution in [3.05, 3.63) is 70.7 Å². The number of imide groups is 1. The summed E-state index contributed by atoms with van der Waals surface area (Å²) in [7, 11) is 0. The van der Waals surface area contributed by atoms with Gasteiger partial charge in [-0.3, -0.25) is 19.4 Å². The van der Waals surface area contributed by atoms with Crippen LogP contribution in [-0.4, -0.2) is 53.8 Å². The van der Waals surface area contributed by atoms with E-state index in [-0.39, 0.29) is 18.5 Å². The van der Waals surface area contributed by atoms with Crippen molar-refractivity contribution >= 4 is 29.4 Å². The van der Waals surface area contributed by atoms with Crippen molar-refractivity contribution in [2.45, 2.75) is 31.3 Å². The van der Waals surface area contributed by atoms with E-state index in [0.29, 0.717) is 17.1 Å². The van der Waals surface area contributed by atoms with E-state index in [2.05, 4.69) is 15.5 Å². The lowest BCUT2D eigenvalue weighted by molar-refractivity contribution is -0.134. The van der Waals surface area contributed by atoms with E-state index in [1.165, 1.54) is 0 Å². The van der Waals surface area contributed by atoms with Gasteiger partial charge in [0.05, 0.1) is 6.04 Å². The van der Waals surface area contributed by atoms with Gasteiger partial charge in [0.25, 0.3) is 5.91 Å². The van der Waals surface area contributed by atoms with Crippen LogP contribution in [0.15, 0.2) is 54.6 Å². The number of urea groups is 1. The van der Waals surface area contributed by atoms with Crippen molar-refractivity contribution in [2.75, 3.05) is 26.2 Å². The topological polar surface area (TPSA) is 81.8 Å². The number of hydrogen-bond donors (Lipinski definition) is 2. The molecule has 2 atom stereocenters. The molecule has 2 aliphatic heterocycles. The lowest BCUT2D eigenvalue weighted by Gasteiger charge is -2.28. The second-order valence-corrected chi connectivity index (χ2v) is 8.87. The first kappa shape index (κ1) is 22.3. The first-order valence-electron chi connectivity index (χ1n) is 10.8. The molecule has 2 unspecified atom stereocenters. The van der Waals surface area contributed by atoms with Crippen molar-refractivity contribution in [3.8, 4) is 0 Å². The van der Waals surface area contributed by atoms with Crippen LogP contribution in [0, 0.1) is 0 Å². The second-order valence-electron chi connectivity index (χ2n) is 8.43. The van der Waals surface area contributed by atoms with E-state index in [0.717, 1.165) is 36.4 Å². The molecule has 32 heavy (non-hydrogen) atoms. The van der Waals surface area contributed by atoms with Gasteiger partial charge in [0, 0.05) is 11.6 Å². The molecule has 7 nitrogen and oxygen atoms in total. The summed E-state index contributed by atoms with van der Waals surface area (Å²) in [5.74, 6) is -0.813. The van der Waals surface area contributed by atoms with Crippen LogP contribution in [0.3, 0.4) is 0 Å². The highest BCUT2D eigenvalue weighted by Crippen LogP contribution is 2.29. The largest absolute Gasteiger partial charge is 0.353 e. The molecule has 0 bridgehead atoms. The maximum atomic E-state index is 13.0. The zero-order valence-electron chi connectivity index (χ0n) is 18.0. The maximum Gasteiger partial charge on any atom is 0.325 e. The molecule has 2 N–H and O–H groups in total. The summed E-state index contributed by atoms with van der Waals surface area (Å²) in [4.78, 5) is 41.6. The molecule has 4 rings (SSSR count). The molecule has 2 saturated heterocycles. The molecule has 4 amide bonds. The smallest absolute Gasteiger partial charge is 0.325 e. The minimum Gasteiger partial charge on any atom is -0.353 e. The van der Waals surface area contributed by atoms with Crippen molar-refractivity contribution in [1.29, 1.82) is 0 Å². The third-order valence-electron chi connectivity index (χ3n) is 6.24. The standard InChI is InChI=1S/C24H27ClN4O3/c1-24(18-9-3-2-4-10-18)22(31)29(23(32)27-24)16-21(30)26-15-20(28-12-5-6-13-28)17-8-7-11-19(25)14-17/h2-4,7-11,14,20H,5-6,12-13,15-16H2,1H3,(H,26,30)(H,27,32). The Kier molecular flexibility index (Phi) is 6.48. The third-order valence-corrected chi connectivity index (χ3v) is 6.47. The number of carbonyl (C=O) groups is 3. The molecule has 0 spiro atoms. The average molecular weight is 455 g/mol. The molecular weight excluding hydrogens is 428 g/mol. The minimum atomic E-state index is -1.18. The fourth-order valence-electron chi connectivity index (χ4n) is 4.44. The van der Waals surface area contributed by atoms with Crippen LogP contribution < -0.4 is 10.6 Å². The second kappa shape index (κ2) is 9.30. The zero-order chi connectivity index (χ0) is 22.7. The monoisotopic (exact) mass is 454 g/mol. The van der Waals surface area contributed by atoms with Gasteiger partial charge in [0.1, 0.15) is 12.1 Å². The van der Waals surface area contributed by atoms with Crippen LogP contribution in [0.2, 0.25) is 5.02 Å². The number of nitrogens with zero attached hydrogens (tertiary/aromatic N) is 2. The molecule has 0 saturated carbocycles. The number of carbonyl (C=O) groups excluding carboxylic acids is 3. The van der Waals surface area contributed by atoms with Gasteiger partial charge in [0.15, 0.2) is 0 Å². The summed E-state index contributed by atoms with van der Waals surface area (Å²) in [6.45, 7) is 3.61. The Morgan fingerprint density at radius 3 is 2.53 bits per heavy atom. The van der Waals surface area contributed by atoms with Gasteiger partial charge in [-0.2, -0.15) is 0 Å². The fraction of sp³-hybridized carbons (Fsp3) is 0.375. The van der Waals surface area contributed by atoms with Gasteiger partial charge < -0.3 is 10.6 Å². The SMILES string of the molecule is CC1(c2ccccc2)NC(=O)N(CC(=O)NCC(c2cccc(Cl)c2)N2CCCC2)C1=O. The summed E-state index contributed by atoms with van der Waals surface area (Å²) in [5.41, 5.74) is 0.528. The Bertz CT molecular complexity index is 1010. The third kappa shape index (κ3) is 4.49. The van der Waals surface area contributed by atoms with Crippen molar-refractivity contribution < 1.29 is 14.4 Å². The Morgan fingerprint density at radius 1 is 1.12 bits per heavy atom. The van der Waals surface area contributed by atoms with Crippen LogP contribution in [0.4, 0.5) is 4.79 Å². The zero-order valence-corrected chi connectivity index (χ0v) is 18.8. The predicted molar refractivity (Wildman–Crippen MR) is 122 cm³/mol. The van der Waals surface area contributed by atoms with Crippen LogP contribution in [0.1, 0.15) is 36.9 Å². The van der Waals surface area contributed by atoms with Crippen LogP contribution >= 0.6 is 11.6 Å². The molecule has 2 aliphatic rings. The molecule has 2 aromatic carbocycles.